The van der Waals surface area contributed by atoms with Crippen molar-refractivity contribution in [3.63, 3.8) is 0 Å². The van der Waals surface area contributed by atoms with Crippen LogP contribution >= 0.6 is 21.4 Å². The fourth-order valence-electron chi connectivity index (χ4n) is 0.176. The van der Waals surface area contributed by atoms with Gasteiger partial charge in [0, 0.05) is 21.4 Å². The highest BCUT2D eigenvalue weighted by molar-refractivity contribution is 8.31. The number of oxazole rings is 1. The molecule has 0 spiro atoms. The van der Waals surface area contributed by atoms with E-state index in [1.807, 2.05) is 0 Å². The zero-order valence-corrected chi connectivity index (χ0v) is 6.90. The third-order valence-corrected chi connectivity index (χ3v) is 0.347. The second-order valence-corrected chi connectivity index (χ2v) is 4.72. The van der Waals surface area contributed by atoms with Crippen molar-refractivity contribution in [2.45, 2.75) is 0 Å². The topological polar surface area (TPSA) is 60.2 Å². The summed E-state index contributed by atoms with van der Waals surface area (Å²) in [5, 5.41) is 0. The van der Waals surface area contributed by atoms with Gasteiger partial charge < -0.3 is 4.42 Å². The van der Waals surface area contributed by atoms with Crippen molar-refractivity contribution in [1.82, 2.24) is 4.98 Å². The van der Waals surface area contributed by atoms with Gasteiger partial charge in [-0.15, -0.1) is 0 Å². The molecule has 58 valence electrons. The van der Waals surface area contributed by atoms with Gasteiger partial charge in [0.1, 0.15) is 6.26 Å². The van der Waals surface area contributed by atoms with Crippen molar-refractivity contribution in [3.05, 3.63) is 18.9 Å². The third kappa shape index (κ3) is 15.6. The summed E-state index contributed by atoms with van der Waals surface area (Å²) in [5.41, 5.74) is 0. The van der Waals surface area contributed by atoms with E-state index in [1.54, 1.807) is 6.20 Å². The van der Waals surface area contributed by atoms with E-state index < -0.39 is 8.26 Å². The Morgan fingerprint density at radius 1 is 1.40 bits per heavy atom. The van der Waals surface area contributed by atoms with E-state index in [1.165, 1.54) is 12.7 Å². The molecule has 0 unspecified atom stereocenters. The lowest BCUT2D eigenvalue weighted by molar-refractivity contribution is 0.558. The van der Waals surface area contributed by atoms with Gasteiger partial charge in [-0.25, -0.2) is 4.98 Å². The molecule has 0 aliphatic heterocycles. The molecule has 1 aromatic rings. The lowest BCUT2D eigenvalue weighted by atomic mass is 11.0. The molecule has 0 aromatic carbocycles. The first-order valence-electron chi connectivity index (χ1n) is 1.96. The lowest BCUT2D eigenvalue weighted by Gasteiger charge is -1.61. The summed E-state index contributed by atoms with van der Waals surface area (Å²) in [6.45, 7) is 0. The maximum atomic E-state index is 9.16. The Morgan fingerprint density at radius 3 is 2.00 bits per heavy atom. The van der Waals surface area contributed by atoms with Crippen LogP contribution in [0.1, 0.15) is 0 Å². The van der Waals surface area contributed by atoms with Gasteiger partial charge in [0.2, 0.25) is 0 Å². The summed E-state index contributed by atoms with van der Waals surface area (Å²) in [6, 6.07) is 0. The van der Waals surface area contributed by atoms with Crippen molar-refractivity contribution in [2.75, 3.05) is 0 Å². The minimum absolute atomic E-state index is 1.38. The van der Waals surface area contributed by atoms with Crippen LogP contribution < -0.4 is 0 Å². The zero-order chi connectivity index (χ0) is 8.04. The van der Waals surface area contributed by atoms with Crippen molar-refractivity contribution < 1.29 is 12.8 Å². The second kappa shape index (κ2) is 4.54. The highest BCUT2D eigenvalue weighted by Crippen LogP contribution is 1.98. The van der Waals surface area contributed by atoms with Crippen LogP contribution in [0.25, 0.3) is 0 Å². The smallest absolute Gasteiger partial charge is 0.317 e. The van der Waals surface area contributed by atoms with E-state index in [-0.39, 0.29) is 0 Å². The number of hydrogen-bond acceptors (Lipinski definition) is 4. The molecule has 10 heavy (non-hydrogen) atoms. The Bertz CT molecular complexity index is 218. The minimum atomic E-state index is -3.72. The van der Waals surface area contributed by atoms with Crippen LogP contribution in [-0.2, 0) is 8.26 Å². The van der Waals surface area contributed by atoms with Crippen LogP contribution in [-0.4, -0.2) is 13.4 Å². The van der Waals surface area contributed by atoms with Crippen LogP contribution in [0.3, 0.4) is 0 Å². The van der Waals surface area contributed by atoms with Gasteiger partial charge in [-0.3, -0.25) is 0 Å². The van der Waals surface area contributed by atoms with Crippen molar-refractivity contribution >= 4 is 29.6 Å². The predicted molar refractivity (Wildman–Crippen MR) is 37.1 cm³/mol. The average molecular weight is 204 g/mol. The standard InChI is InChI=1S/C3H3NO.Cl2O2S/c1-2-5-3-4-1;1-5(2,3)4/h1-3H;. The van der Waals surface area contributed by atoms with Crippen LogP contribution in [0, 0.1) is 0 Å². The summed E-state index contributed by atoms with van der Waals surface area (Å²) in [5.74, 6) is 0. The first-order valence-corrected chi connectivity index (χ1v) is 5.10. The largest absolute Gasteiger partial charge is 0.452 e. The van der Waals surface area contributed by atoms with Crippen LogP contribution in [0.5, 0.6) is 0 Å². The fraction of sp³-hybridized carbons (Fsp3) is 0. The van der Waals surface area contributed by atoms with E-state index >= 15 is 0 Å². The highest BCUT2D eigenvalue weighted by Gasteiger charge is 1.88. The molecule has 0 saturated heterocycles. The number of nitrogens with zero attached hydrogens (tertiary/aromatic N) is 1. The molecule has 0 fully saturated rings. The molecule has 0 amide bonds. The monoisotopic (exact) mass is 203 g/mol. The fourth-order valence-corrected chi connectivity index (χ4v) is 0.176. The van der Waals surface area contributed by atoms with Crippen molar-refractivity contribution in [1.29, 1.82) is 0 Å². The van der Waals surface area contributed by atoms with Crippen molar-refractivity contribution in [3.8, 4) is 0 Å². The molecule has 0 saturated carbocycles. The lowest BCUT2D eigenvalue weighted by Crippen LogP contribution is -1.63. The molecule has 1 rings (SSSR count). The van der Waals surface area contributed by atoms with Gasteiger partial charge in [0.15, 0.2) is 6.39 Å². The van der Waals surface area contributed by atoms with Gasteiger partial charge in [0.05, 0.1) is 6.20 Å². The highest BCUT2D eigenvalue weighted by atomic mass is 36.0. The van der Waals surface area contributed by atoms with Gasteiger partial charge in [-0.05, 0) is 0 Å². The van der Waals surface area contributed by atoms with Crippen LogP contribution in [0.15, 0.2) is 23.3 Å². The molecular formula is C3H3Cl2NO3S. The maximum absolute atomic E-state index is 9.16. The van der Waals surface area contributed by atoms with E-state index in [2.05, 4.69) is 30.8 Å². The van der Waals surface area contributed by atoms with Crippen molar-refractivity contribution in [2.24, 2.45) is 0 Å². The summed E-state index contributed by atoms with van der Waals surface area (Å²) in [7, 11) is 4.81. The third-order valence-electron chi connectivity index (χ3n) is 0.347. The molecule has 1 aromatic heterocycles. The summed E-state index contributed by atoms with van der Waals surface area (Å²) in [6.07, 6.45) is 4.47. The number of hydrogen-bond donors (Lipinski definition) is 0. The summed E-state index contributed by atoms with van der Waals surface area (Å²) >= 11 is 0. The minimum Gasteiger partial charge on any atom is -0.452 e. The maximum Gasteiger partial charge on any atom is 0.317 e. The Hall–Kier alpha value is -0.260. The first kappa shape index (κ1) is 9.74. The number of aromatic nitrogens is 1. The molecule has 4 nitrogen and oxygen atoms in total. The normalized spacial score (nSPS) is 9.80. The SMILES string of the molecule is O=S(=O)(Cl)Cl.c1cocn1. The van der Waals surface area contributed by atoms with E-state index in [0.29, 0.717) is 0 Å². The Kier molecular flexibility index (Phi) is 4.42. The van der Waals surface area contributed by atoms with E-state index in [9.17, 15) is 0 Å². The molecular weight excluding hydrogens is 201 g/mol. The first-order chi connectivity index (χ1) is 4.50. The van der Waals surface area contributed by atoms with Crippen LogP contribution in [0.4, 0.5) is 0 Å². The summed E-state index contributed by atoms with van der Waals surface area (Å²) < 4.78 is 22.8. The zero-order valence-electron chi connectivity index (χ0n) is 4.57. The van der Waals surface area contributed by atoms with Gasteiger partial charge in [0.25, 0.3) is 0 Å². The predicted octanol–water partition coefficient (Wildman–Crippen LogP) is 1.38. The molecule has 1 heterocycles. The van der Waals surface area contributed by atoms with E-state index in [0.717, 1.165) is 0 Å². The Balaban J connectivity index is 0.000000162. The quantitative estimate of drug-likeness (QED) is 0.599. The Labute approximate surface area is 66.7 Å². The molecule has 7 heteroatoms. The van der Waals surface area contributed by atoms with Gasteiger partial charge >= 0.3 is 8.26 Å². The molecule has 0 aliphatic rings. The number of rotatable bonds is 0. The second-order valence-electron chi connectivity index (χ2n) is 1.05. The van der Waals surface area contributed by atoms with Crippen LogP contribution in [0.2, 0.25) is 0 Å². The van der Waals surface area contributed by atoms with E-state index in [4.69, 9.17) is 8.42 Å². The van der Waals surface area contributed by atoms with Gasteiger partial charge in [-0.2, -0.15) is 8.42 Å². The average Bonchev–Trinajstić information content (AvgIpc) is 2.07. The molecule has 0 radical (unpaired) electrons. The number of halogens is 2. The molecule has 0 aliphatic carbocycles. The molecule has 0 bridgehead atoms. The van der Waals surface area contributed by atoms with Gasteiger partial charge in [-0.1, -0.05) is 0 Å². The molecule has 0 atom stereocenters. The Morgan fingerprint density at radius 2 is 1.90 bits per heavy atom. The molecule has 0 N–H and O–H groups in total. The summed E-state index contributed by atoms with van der Waals surface area (Å²) in [4.78, 5) is 3.56.